The Morgan fingerprint density at radius 3 is 2.91 bits per heavy atom. The average Bonchev–Trinajstić information content (AvgIpc) is 1.95. The molecule has 0 spiro atoms. The number of nitriles is 1. The molecule has 1 aliphatic heterocycles. The van der Waals surface area contributed by atoms with Crippen molar-refractivity contribution >= 4 is 11.6 Å². The molecular weight excluding hydrogens is 164 g/mol. The Morgan fingerprint density at radius 1 is 1.82 bits per heavy atom. The molecule has 0 aromatic carbocycles. The third-order valence-corrected chi connectivity index (χ3v) is 2.05. The lowest BCUT2D eigenvalue weighted by molar-refractivity contribution is -0.0276. The van der Waals surface area contributed by atoms with Crippen molar-refractivity contribution < 1.29 is 4.74 Å². The van der Waals surface area contributed by atoms with Crippen LogP contribution in [0.2, 0.25) is 0 Å². The van der Waals surface area contributed by atoms with E-state index in [1.807, 2.05) is 6.07 Å². The maximum absolute atomic E-state index is 8.39. The first kappa shape index (κ1) is 8.79. The first-order chi connectivity index (χ1) is 5.26. The third kappa shape index (κ3) is 2.33. The molecule has 4 heteroatoms. The van der Waals surface area contributed by atoms with Crippen molar-refractivity contribution in [2.75, 3.05) is 26.7 Å². The van der Waals surface area contributed by atoms with Crippen LogP contribution in [0, 0.1) is 11.3 Å². The van der Waals surface area contributed by atoms with Crippen LogP contribution >= 0.6 is 11.6 Å². The number of methoxy groups -OCH3 is 1. The minimum atomic E-state index is -0.382. The monoisotopic (exact) mass is 174 g/mol. The number of rotatable bonds is 3. The van der Waals surface area contributed by atoms with Crippen molar-refractivity contribution in [2.45, 2.75) is 11.5 Å². The minimum Gasteiger partial charge on any atom is -0.379 e. The maximum Gasteiger partial charge on any atom is 0.133 e. The summed E-state index contributed by atoms with van der Waals surface area (Å²) in [5.74, 6) is 0. The highest BCUT2D eigenvalue weighted by Crippen LogP contribution is 2.12. The third-order valence-electron chi connectivity index (χ3n) is 1.82. The molecule has 1 saturated heterocycles. The number of hydrogen-bond acceptors (Lipinski definition) is 3. The minimum absolute atomic E-state index is 0.345. The van der Waals surface area contributed by atoms with Gasteiger partial charge in [0.2, 0.25) is 0 Å². The quantitative estimate of drug-likeness (QED) is 0.583. The lowest BCUT2D eigenvalue weighted by Gasteiger charge is -2.38. The summed E-state index contributed by atoms with van der Waals surface area (Å²) in [4.78, 5) is 2.11. The Balaban J connectivity index is 2.10. The number of ether oxygens (including phenoxy) is 1. The standard InChI is InChI=1S/C7H11ClN2O/c1-11-7-4-10(5-7)3-6(8)2-9/h6-7H,3-5H2,1H3. The van der Waals surface area contributed by atoms with E-state index in [0.29, 0.717) is 12.6 Å². The fourth-order valence-electron chi connectivity index (χ4n) is 1.09. The van der Waals surface area contributed by atoms with E-state index in [1.54, 1.807) is 7.11 Å². The van der Waals surface area contributed by atoms with Gasteiger partial charge in [-0.15, -0.1) is 11.6 Å². The lowest BCUT2D eigenvalue weighted by Crippen LogP contribution is -2.53. The first-order valence-corrected chi connectivity index (χ1v) is 3.98. The number of hydrogen-bond donors (Lipinski definition) is 0. The molecule has 1 aliphatic rings. The number of likely N-dealkylation sites (tertiary alicyclic amines) is 1. The van der Waals surface area contributed by atoms with Gasteiger partial charge in [0.05, 0.1) is 12.2 Å². The van der Waals surface area contributed by atoms with Gasteiger partial charge < -0.3 is 4.74 Å². The molecule has 3 nitrogen and oxygen atoms in total. The van der Waals surface area contributed by atoms with Crippen LogP contribution in [-0.4, -0.2) is 43.1 Å². The predicted molar refractivity (Wildman–Crippen MR) is 42.5 cm³/mol. The Morgan fingerprint density at radius 2 is 2.45 bits per heavy atom. The smallest absolute Gasteiger partial charge is 0.133 e. The van der Waals surface area contributed by atoms with Crippen LogP contribution in [0.25, 0.3) is 0 Å². The lowest BCUT2D eigenvalue weighted by atomic mass is 10.1. The molecule has 1 atom stereocenters. The summed E-state index contributed by atoms with van der Waals surface area (Å²) in [7, 11) is 1.70. The van der Waals surface area contributed by atoms with Crippen LogP contribution in [0.5, 0.6) is 0 Å². The predicted octanol–water partition coefficient (Wildman–Crippen LogP) is 0.448. The van der Waals surface area contributed by atoms with E-state index in [2.05, 4.69) is 4.90 Å². The number of halogens is 1. The van der Waals surface area contributed by atoms with E-state index in [0.717, 1.165) is 13.1 Å². The zero-order valence-electron chi connectivity index (χ0n) is 6.46. The van der Waals surface area contributed by atoms with Gasteiger partial charge in [-0.25, -0.2) is 0 Å². The van der Waals surface area contributed by atoms with E-state index >= 15 is 0 Å². The average molecular weight is 175 g/mol. The van der Waals surface area contributed by atoms with Crippen LogP contribution in [0.1, 0.15) is 0 Å². The van der Waals surface area contributed by atoms with Gasteiger partial charge in [0.25, 0.3) is 0 Å². The van der Waals surface area contributed by atoms with E-state index in [1.165, 1.54) is 0 Å². The van der Waals surface area contributed by atoms with Gasteiger partial charge in [-0.3, -0.25) is 4.90 Å². The zero-order chi connectivity index (χ0) is 8.27. The summed E-state index contributed by atoms with van der Waals surface area (Å²) in [5, 5.41) is 8.00. The summed E-state index contributed by atoms with van der Waals surface area (Å²) in [6.45, 7) is 2.46. The molecule has 1 unspecified atom stereocenters. The largest absolute Gasteiger partial charge is 0.379 e. The molecule has 11 heavy (non-hydrogen) atoms. The number of alkyl halides is 1. The second-order valence-electron chi connectivity index (χ2n) is 2.67. The molecule has 1 heterocycles. The molecule has 0 radical (unpaired) electrons. The molecule has 0 saturated carbocycles. The Bertz CT molecular complexity index is 162. The summed E-state index contributed by atoms with van der Waals surface area (Å²) < 4.78 is 5.06. The fourth-order valence-corrected chi connectivity index (χ4v) is 1.28. The summed E-state index contributed by atoms with van der Waals surface area (Å²) in [6.07, 6.45) is 0.345. The van der Waals surface area contributed by atoms with Gasteiger partial charge >= 0.3 is 0 Å². The summed E-state index contributed by atoms with van der Waals surface area (Å²) >= 11 is 5.62. The van der Waals surface area contributed by atoms with Gasteiger partial charge in [-0.2, -0.15) is 5.26 Å². The van der Waals surface area contributed by atoms with Crippen molar-refractivity contribution in [1.29, 1.82) is 5.26 Å². The molecule has 1 fully saturated rings. The van der Waals surface area contributed by atoms with Crippen LogP contribution in [-0.2, 0) is 4.74 Å². The van der Waals surface area contributed by atoms with Crippen LogP contribution in [0.3, 0.4) is 0 Å². The highest BCUT2D eigenvalue weighted by Gasteiger charge is 2.27. The van der Waals surface area contributed by atoms with E-state index in [4.69, 9.17) is 21.6 Å². The second-order valence-corrected chi connectivity index (χ2v) is 3.20. The SMILES string of the molecule is COC1CN(CC(Cl)C#N)C1. The van der Waals surface area contributed by atoms with E-state index < -0.39 is 0 Å². The summed E-state index contributed by atoms with van der Waals surface area (Å²) in [5.41, 5.74) is 0. The molecule has 1 rings (SSSR count). The molecule has 0 aromatic heterocycles. The van der Waals surface area contributed by atoms with E-state index in [9.17, 15) is 0 Å². The van der Waals surface area contributed by atoms with Crippen molar-refractivity contribution in [1.82, 2.24) is 4.90 Å². The summed E-state index contributed by atoms with van der Waals surface area (Å²) in [6, 6.07) is 1.98. The fraction of sp³-hybridized carbons (Fsp3) is 0.857. The first-order valence-electron chi connectivity index (χ1n) is 3.55. The normalized spacial score (nSPS) is 22.3. The Labute approximate surface area is 71.5 Å². The molecule has 0 N–H and O–H groups in total. The molecule has 0 aromatic rings. The molecule has 62 valence electrons. The maximum atomic E-state index is 8.39. The Kier molecular flexibility index (Phi) is 3.13. The van der Waals surface area contributed by atoms with Crippen LogP contribution in [0.15, 0.2) is 0 Å². The van der Waals surface area contributed by atoms with Gasteiger partial charge in [0, 0.05) is 26.7 Å². The molecule has 0 amide bonds. The van der Waals surface area contributed by atoms with Crippen LogP contribution < -0.4 is 0 Å². The highest BCUT2D eigenvalue weighted by molar-refractivity contribution is 6.22. The zero-order valence-corrected chi connectivity index (χ0v) is 7.21. The van der Waals surface area contributed by atoms with Crippen molar-refractivity contribution in [3.8, 4) is 6.07 Å². The van der Waals surface area contributed by atoms with Crippen molar-refractivity contribution in [3.63, 3.8) is 0 Å². The van der Waals surface area contributed by atoms with Gasteiger partial charge in [0.1, 0.15) is 5.38 Å². The molecule has 0 bridgehead atoms. The van der Waals surface area contributed by atoms with Gasteiger partial charge in [-0.1, -0.05) is 0 Å². The van der Waals surface area contributed by atoms with Crippen LogP contribution in [0.4, 0.5) is 0 Å². The molecule has 0 aliphatic carbocycles. The van der Waals surface area contributed by atoms with Gasteiger partial charge in [0.15, 0.2) is 0 Å². The van der Waals surface area contributed by atoms with Crippen molar-refractivity contribution in [2.24, 2.45) is 0 Å². The second kappa shape index (κ2) is 3.91. The van der Waals surface area contributed by atoms with Gasteiger partial charge in [-0.05, 0) is 0 Å². The topological polar surface area (TPSA) is 36.3 Å². The number of nitrogens with zero attached hydrogens (tertiary/aromatic N) is 2. The molecular formula is C7H11ClN2O. The highest BCUT2D eigenvalue weighted by atomic mass is 35.5. The van der Waals surface area contributed by atoms with E-state index in [-0.39, 0.29) is 5.38 Å². The Hall–Kier alpha value is -0.300. The van der Waals surface area contributed by atoms with Crippen molar-refractivity contribution in [3.05, 3.63) is 0 Å².